The summed E-state index contributed by atoms with van der Waals surface area (Å²) in [4.78, 5) is 33.8. The molecular weight excluding hydrogens is 558 g/mol. The van der Waals surface area contributed by atoms with E-state index in [0.717, 1.165) is 42.6 Å². The molecule has 3 aliphatic rings. The van der Waals surface area contributed by atoms with E-state index in [9.17, 15) is 18.4 Å². The lowest BCUT2D eigenvalue weighted by molar-refractivity contribution is -0.131. The van der Waals surface area contributed by atoms with E-state index in [1.807, 2.05) is 66.1 Å². The number of hydrogen-bond acceptors (Lipinski definition) is 5. The van der Waals surface area contributed by atoms with Gasteiger partial charge in [-0.1, -0.05) is 68.5 Å². The Labute approximate surface area is 257 Å². The number of Topliss-reactive ketones (excluding diaryl/α,β-unsaturated/α-hetero) is 1. The van der Waals surface area contributed by atoms with Crippen LogP contribution in [0.25, 0.3) is 6.08 Å². The summed E-state index contributed by atoms with van der Waals surface area (Å²) in [7, 11) is 0. The third-order valence-electron chi connectivity index (χ3n) is 8.71. The number of fused-ring (bicyclic) bond motifs is 1. The molecule has 0 saturated carbocycles. The highest BCUT2D eigenvalue weighted by Gasteiger charge is 2.42. The third kappa shape index (κ3) is 6.45. The number of allylic oxidation sites excluding steroid dienone is 1. The fourth-order valence-electron chi connectivity index (χ4n) is 6.63. The first-order valence-corrected chi connectivity index (χ1v) is 15.2. The van der Waals surface area contributed by atoms with Gasteiger partial charge in [0.1, 0.15) is 11.6 Å². The molecular formula is C36H38F2N4O2. The Kier molecular flexibility index (Phi) is 8.36. The molecule has 44 heavy (non-hydrogen) atoms. The summed E-state index contributed by atoms with van der Waals surface area (Å²) in [5, 5.41) is 3.49. The predicted octanol–water partition coefficient (Wildman–Crippen LogP) is 6.44. The van der Waals surface area contributed by atoms with Crippen molar-refractivity contribution in [2.75, 3.05) is 49.5 Å². The van der Waals surface area contributed by atoms with Crippen molar-refractivity contribution in [2.45, 2.75) is 32.7 Å². The number of rotatable bonds is 6. The quantitative estimate of drug-likeness (QED) is 0.355. The van der Waals surface area contributed by atoms with E-state index in [4.69, 9.17) is 0 Å². The van der Waals surface area contributed by atoms with Crippen molar-refractivity contribution >= 4 is 29.1 Å². The molecule has 8 heteroatoms. The molecule has 1 N–H and O–H groups in total. The Balaban J connectivity index is 1.28. The number of nitrogens with one attached hydrogen (secondary N) is 1. The van der Waals surface area contributed by atoms with Crippen molar-refractivity contribution in [3.63, 3.8) is 0 Å². The molecule has 1 unspecified atom stereocenters. The Bertz CT molecular complexity index is 1590. The topological polar surface area (TPSA) is 55.9 Å². The molecule has 1 fully saturated rings. The highest BCUT2D eigenvalue weighted by molar-refractivity contribution is 6.02. The van der Waals surface area contributed by atoms with Crippen LogP contribution in [0.5, 0.6) is 0 Å². The van der Waals surface area contributed by atoms with Crippen LogP contribution in [0.3, 0.4) is 0 Å². The van der Waals surface area contributed by atoms with Gasteiger partial charge in [-0.15, -0.1) is 0 Å². The summed E-state index contributed by atoms with van der Waals surface area (Å²) in [6.07, 6.45) is 5.15. The standard InChI is InChI=1S/C36H38F2N4O2/c1-36(2)22-30-34(32(43)23-36)35(26-19-27(37)21-28(38)20-26)42(31-13-7-6-12-29(31)39-30)24-33(44)41-17-15-40(16-18-41)14-8-11-25-9-4-3-5-10-25/h3-13,19-21,35,39H,14-18,22-24H2,1-2H3/b11-8+. The third-order valence-corrected chi connectivity index (χ3v) is 8.71. The molecule has 3 aromatic rings. The molecule has 1 atom stereocenters. The fraction of sp³-hybridized carbons (Fsp3) is 0.333. The zero-order valence-corrected chi connectivity index (χ0v) is 25.2. The average Bonchev–Trinajstić information content (AvgIpc) is 3.11. The van der Waals surface area contributed by atoms with Gasteiger partial charge in [0.05, 0.1) is 24.0 Å². The van der Waals surface area contributed by atoms with Gasteiger partial charge in [0.2, 0.25) is 5.91 Å². The molecule has 6 nitrogen and oxygen atoms in total. The largest absolute Gasteiger partial charge is 0.357 e. The lowest BCUT2D eigenvalue weighted by Gasteiger charge is -2.39. The maximum Gasteiger partial charge on any atom is 0.242 e. The Morgan fingerprint density at radius 2 is 1.61 bits per heavy atom. The molecule has 3 aromatic carbocycles. The number of nitrogens with zero attached hydrogens (tertiary/aromatic N) is 3. The van der Waals surface area contributed by atoms with Gasteiger partial charge in [-0.25, -0.2) is 8.78 Å². The number of benzene rings is 3. The fourth-order valence-corrected chi connectivity index (χ4v) is 6.63. The number of anilines is 2. The van der Waals surface area contributed by atoms with Crippen LogP contribution in [0, 0.1) is 17.0 Å². The summed E-state index contributed by atoms with van der Waals surface area (Å²) in [5.74, 6) is -1.62. The first-order valence-electron chi connectivity index (χ1n) is 15.2. The minimum absolute atomic E-state index is 0.0388. The van der Waals surface area contributed by atoms with Gasteiger partial charge < -0.3 is 15.1 Å². The molecule has 0 bridgehead atoms. The lowest BCUT2D eigenvalue weighted by atomic mass is 9.73. The molecule has 1 saturated heterocycles. The van der Waals surface area contributed by atoms with E-state index in [1.165, 1.54) is 12.1 Å². The molecule has 0 aromatic heterocycles. The number of carbonyl (C=O) groups excluding carboxylic acids is 2. The van der Waals surface area contributed by atoms with E-state index in [-0.39, 0.29) is 23.7 Å². The molecule has 0 radical (unpaired) electrons. The normalized spacial score (nSPS) is 20.3. The first-order chi connectivity index (χ1) is 21.2. The zero-order valence-electron chi connectivity index (χ0n) is 25.2. The zero-order chi connectivity index (χ0) is 30.8. The molecule has 2 aliphatic heterocycles. The Morgan fingerprint density at radius 1 is 0.932 bits per heavy atom. The van der Waals surface area contributed by atoms with Crippen molar-refractivity contribution in [1.82, 2.24) is 9.80 Å². The molecule has 228 valence electrons. The summed E-state index contributed by atoms with van der Waals surface area (Å²) in [6, 6.07) is 20.3. The van der Waals surface area contributed by atoms with Crippen LogP contribution in [-0.2, 0) is 9.59 Å². The van der Waals surface area contributed by atoms with E-state index >= 15 is 0 Å². The second kappa shape index (κ2) is 12.4. The SMILES string of the molecule is CC1(C)CC(=O)C2=C(C1)Nc1ccccc1N(CC(=O)N1CCN(C/C=C/c3ccccc3)CC1)C2c1cc(F)cc(F)c1. The molecule has 0 spiro atoms. The van der Waals surface area contributed by atoms with Crippen molar-refractivity contribution in [3.8, 4) is 0 Å². The van der Waals surface area contributed by atoms with E-state index in [2.05, 4.69) is 34.5 Å². The second-order valence-corrected chi connectivity index (χ2v) is 12.7. The Hall–Kier alpha value is -4.30. The molecule has 1 aliphatic carbocycles. The van der Waals surface area contributed by atoms with E-state index in [1.54, 1.807) is 0 Å². The van der Waals surface area contributed by atoms with Gasteiger partial charge in [-0.2, -0.15) is 0 Å². The maximum absolute atomic E-state index is 14.7. The second-order valence-electron chi connectivity index (χ2n) is 12.7. The van der Waals surface area contributed by atoms with Crippen LogP contribution < -0.4 is 10.2 Å². The highest BCUT2D eigenvalue weighted by atomic mass is 19.1. The van der Waals surface area contributed by atoms with Crippen molar-refractivity contribution < 1.29 is 18.4 Å². The number of piperazine rings is 1. The summed E-state index contributed by atoms with van der Waals surface area (Å²) >= 11 is 0. The summed E-state index contributed by atoms with van der Waals surface area (Å²) in [5.41, 5.74) is 3.85. The van der Waals surface area contributed by atoms with Crippen LogP contribution in [0.1, 0.15) is 43.9 Å². The minimum Gasteiger partial charge on any atom is -0.357 e. The predicted molar refractivity (Wildman–Crippen MR) is 170 cm³/mol. The number of hydrogen-bond donors (Lipinski definition) is 1. The van der Waals surface area contributed by atoms with Crippen LogP contribution in [0.2, 0.25) is 0 Å². The summed E-state index contributed by atoms with van der Waals surface area (Å²) in [6.45, 7) is 7.48. The molecule has 6 rings (SSSR count). The van der Waals surface area contributed by atoms with Crippen molar-refractivity contribution in [2.24, 2.45) is 5.41 Å². The van der Waals surface area contributed by atoms with Gasteiger partial charge in [0, 0.05) is 56.5 Å². The lowest BCUT2D eigenvalue weighted by Crippen LogP contribution is -2.51. The van der Waals surface area contributed by atoms with Crippen LogP contribution in [-0.4, -0.2) is 60.8 Å². The van der Waals surface area contributed by atoms with Gasteiger partial charge in [-0.05, 0) is 47.2 Å². The highest BCUT2D eigenvalue weighted by Crippen LogP contribution is 2.48. The van der Waals surface area contributed by atoms with Gasteiger partial charge in [-0.3, -0.25) is 14.5 Å². The number of para-hydroxylation sites is 2. The van der Waals surface area contributed by atoms with Crippen LogP contribution in [0.15, 0.2) is 90.1 Å². The Morgan fingerprint density at radius 3 is 2.34 bits per heavy atom. The van der Waals surface area contributed by atoms with E-state index < -0.39 is 17.7 Å². The number of ketones is 1. The van der Waals surface area contributed by atoms with Crippen molar-refractivity contribution in [3.05, 3.63) is 113 Å². The molecule has 1 amide bonds. The number of amides is 1. The minimum atomic E-state index is -0.830. The van der Waals surface area contributed by atoms with E-state index in [0.29, 0.717) is 42.8 Å². The summed E-state index contributed by atoms with van der Waals surface area (Å²) < 4.78 is 29.3. The maximum atomic E-state index is 14.7. The van der Waals surface area contributed by atoms with Gasteiger partial charge >= 0.3 is 0 Å². The van der Waals surface area contributed by atoms with Gasteiger partial charge in [0.15, 0.2) is 5.78 Å². The average molecular weight is 597 g/mol. The molecule has 2 heterocycles. The number of halogens is 2. The smallest absolute Gasteiger partial charge is 0.242 e. The van der Waals surface area contributed by atoms with Gasteiger partial charge in [0.25, 0.3) is 0 Å². The van der Waals surface area contributed by atoms with Crippen LogP contribution >= 0.6 is 0 Å². The number of carbonyl (C=O) groups is 2. The monoisotopic (exact) mass is 596 g/mol. The van der Waals surface area contributed by atoms with Crippen LogP contribution in [0.4, 0.5) is 20.2 Å². The van der Waals surface area contributed by atoms with Crippen molar-refractivity contribution in [1.29, 1.82) is 0 Å². The first kappa shape index (κ1) is 29.8.